The maximum atomic E-state index is 16.0. The van der Waals surface area contributed by atoms with Crippen molar-refractivity contribution in [3.8, 4) is 0 Å². The number of piperidine rings is 1. The normalized spacial score (nSPS) is 44.5. The van der Waals surface area contributed by atoms with Gasteiger partial charge < -0.3 is 118 Å². The molecule has 1 saturated carbocycles. The molecule has 7 rings (SSSR count). The van der Waals surface area contributed by atoms with Crippen LogP contribution in [0.25, 0.3) is 0 Å². The third-order valence-corrected chi connectivity index (χ3v) is 21.9. The number of fused-ring (bicyclic) bond motifs is 3. The summed E-state index contributed by atoms with van der Waals surface area (Å²) >= 11 is 0. The Bertz CT molecular complexity index is 2650. The molecule has 6 fully saturated rings. The van der Waals surface area contributed by atoms with Crippen LogP contribution >= 0.6 is 0 Å². The molecule has 0 spiro atoms. The van der Waals surface area contributed by atoms with Gasteiger partial charge in [-0.05, 0) is 114 Å². The standard InChI is InChI=1S/C71H117NO28/c1-36-17-13-12-14-18-37(2)48(89-9)31-44-22-20-42(7)71(98-44,100-70(8)64(85)60(82)58(80)53(99-70)35-94-68-61(83)57(79)52(97-68)34-93-69-62(84)59(81)56(78)51(33-74)96-69)65(86)66(87)72-24-16-15-19-45(72)67(88)95-49(39(4)29-43-21-23-47(92-26-25-73)50(30-43)90-10)32-46(75)38(3)28-41(6)55(77)63(91-11)54(76)40(5)27-36/h12-14,17,36-45,47-53,55-64,68-69,73-74,77-85H,15-16,18-35H2,1-11H3/b14-12?,17-13+/t36-,37?,38-,39-,40-,41?,42-,43+,44+,45+,47-,48+,49?,50-,51-,52+,53-,55-,56-,57-,58-,59+,60+,61-,62-,63+,64-,68-,69-,70-,71+/m1/s1. The summed E-state index contributed by atoms with van der Waals surface area (Å²) in [5, 5.41) is 119. The minimum Gasteiger partial charge on any atom is -0.460 e. The van der Waals surface area contributed by atoms with Crippen molar-refractivity contribution in [3.05, 3.63) is 24.3 Å². The Labute approximate surface area is 587 Å². The summed E-state index contributed by atoms with van der Waals surface area (Å²) < 4.78 is 72.6. The Morgan fingerprint density at radius 1 is 0.630 bits per heavy atom. The Hall–Kier alpha value is -3.45. The quantitative estimate of drug-likeness (QED) is 0.0669. The topological polar surface area (TPSA) is 422 Å². The highest BCUT2D eigenvalue weighted by Gasteiger charge is 2.63. The largest absolute Gasteiger partial charge is 0.460 e. The second-order valence-electron chi connectivity index (χ2n) is 29.6. The average Bonchev–Trinajstić information content (AvgIpc) is 0.827. The first-order valence-electron chi connectivity index (χ1n) is 36.0. The van der Waals surface area contributed by atoms with Crippen LogP contribution in [-0.4, -0.2) is 291 Å². The maximum Gasteiger partial charge on any atom is 0.329 e. The van der Waals surface area contributed by atoms with Crippen LogP contribution in [0.2, 0.25) is 0 Å². The molecule has 2 bridgehead atoms. The molecule has 6 heterocycles. The van der Waals surface area contributed by atoms with E-state index >= 15 is 14.4 Å². The van der Waals surface area contributed by atoms with Crippen molar-refractivity contribution in [3.63, 3.8) is 0 Å². The van der Waals surface area contributed by atoms with E-state index in [9.17, 15) is 65.8 Å². The number of ether oxygens (including phenoxy) is 12. The zero-order chi connectivity index (χ0) is 73.7. The Morgan fingerprint density at radius 3 is 1.94 bits per heavy atom. The van der Waals surface area contributed by atoms with E-state index < -0.39 is 195 Å². The summed E-state index contributed by atoms with van der Waals surface area (Å²) in [4.78, 5) is 76.5. The summed E-state index contributed by atoms with van der Waals surface area (Å²) in [6.45, 7) is 11.6. The van der Waals surface area contributed by atoms with E-state index in [1.165, 1.54) is 21.1 Å². The summed E-state index contributed by atoms with van der Waals surface area (Å²) in [6, 6.07) is -1.38. The summed E-state index contributed by atoms with van der Waals surface area (Å²) in [6.07, 6.45) is -15.9. The number of rotatable bonds is 18. The fourth-order valence-electron chi connectivity index (χ4n) is 15.5. The molecule has 1 aliphatic carbocycles. The van der Waals surface area contributed by atoms with E-state index in [1.54, 1.807) is 34.8 Å². The lowest BCUT2D eigenvalue weighted by Gasteiger charge is -2.53. The summed E-state index contributed by atoms with van der Waals surface area (Å²) in [5.74, 6) is -12.7. The highest BCUT2D eigenvalue weighted by Crippen LogP contribution is 2.46. The van der Waals surface area contributed by atoms with E-state index in [0.717, 1.165) is 4.90 Å². The molecule has 574 valence electrons. The minimum absolute atomic E-state index is 0.0254. The molecule has 29 heteroatoms. The van der Waals surface area contributed by atoms with Crippen molar-refractivity contribution in [2.75, 3.05) is 60.9 Å². The molecule has 0 aromatic carbocycles. The molecule has 3 unspecified atom stereocenters. The number of carbonyl (C=O) groups excluding carboxylic acids is 5. The number of esters is 1. The summed E-state index contributed by atoms with van der Waals surface area (Å²) in [7, 11) is 4.50. The zero-order valence-corrected chi connectivity index (χ0v) is 60.0. The van der Waals surface area contributed by atoms with Gasteiger partial charge in [-0.15, -0.1) is 0 Å². The number of Topliss-reactive ketones (excluding diaryl/α,β-unsaturated/α-hetero) is 3. The Balaban J connectivity index is 1.20. The molecule has 6 aliphatic heterocycles. The van der Waals surface area contributed by atoms with Crippen molar-refractivity contribution in [1.82, 2.24) is 4.90 Å². The third kappa shape index (κ3) is 20.4. The molecule has 0 aromatic heterocycles. The lowest BCUT2D eigenvalue weighted by atomic mass is 9.78. The molecule has 7 aliphatic rings. The van der Waals surface area contributed by atoms with E-state index in [1.807, 2.05) is 45.1 Å². The molecular formula is C71H117NO28. The van der Waals surface area contributed by atoms with Crippen LogP contribution in [-0.2, 0) is 80.8 Å². The van der Waals surface area contributed by atoms with E-state index in [0.29, 0.717) is 57.8 Å². The number of cyclic esters (lactones) is 1. The van der Waals surface area contributed by atoms with Crippen molar-refractivity contribution >= 4 is 29.2 Å². The second kappa shape index (κ2) is 38.2. The van der Waals surface area contributed by atoms with E-state index in [-0.39, 0.29) is 93.4 Å². The maximum absolute atomic E-state index is 16.0. The molecule has 31 atom stereocenters. The van der Waals surface area contributed by atoms with Crippen LogP contribution in [0.5, 0.6) is 0 Å². The number of hydrogen-bond acceptors (Lipinski definition) is 28. The van der Waals surface area contributed by atoms with E-state index in [2.05, 4.69) is 0 Å². The molecule has 1 amide bonds. The van der Waals surface area contributed by atoms with Gasteiger partial charge in [-0.25, -0.2) is 4.79 Å². The third-order valence-electron chi connectivity index (χ3n) is 21.9. The van der Waals surface area contributed by atoms with Gasteiger partial charge in [0.1, 0.15) is 91.2 Å². The highest BCUT2D eigenvalue weighted by atomic mass is 16.8. The second-order valence-corrected chi connectivity index (χ2v) is 29.6. The predicted octanol–water partition coefficient (Wildman–Crippen LogP) is 0.859. The van der Waals surface area contributed by atoms with Gasteiger partial charge in [0.15, 0.2) is 24.2 Å². The number of allylic oxidation sites excluding steroid dienone is 4. The predicted molar refractivity (Wildman–Crippen MR) is 353 cm³/mol. The highest BCUT2D eigenvalue weighted by molar-refractivity contribution is 6.39. The monoisotopic (exact) mass is 1430 g/mol. The molecule has 29 nitrogen and oxygen atoms in total. The first kappa shape index (κ1) is 83.8. The molecule has 0 radical (unpaired) electrons. The summed E-state index contributed by atoms with van der Waals surface area (Å²) in [5.41, 5.74) is 0. The van der Waals surface area contributed by atoms with Crippen molar-refractivity contribution in [2.24, 2.45) is 47.3 Å². The van der Waals surface area contributed by atoms with Gasteiger partial charge in [-0.2, -0.15) is 0 Å². The van der Waals surface area contributed by atoms with Gasteiger partial charge in [0.25, 0.3) is 11.7 Å². The van der Waals surface area contributed by atoms with Crippen LogP contribution in [0.3, 0.4) is 0 Å². The first-order valence-corrected chi connectivity index (χ1v) is 36.0. The molecule has 11 N–H and O–H groups in total. The van der Waals surface area contributed by atoms with Crippen molar-refractivity contribution in [1.29, 1.82) is 0 Å². The lowest BCUT2D eigenvalue weighted by Crippen LogP contribution is -2.70. The lowest BCUT2D eigenvalue weighted by molar-refractivity contribution is -0.426. The van der Waals surface area contributed by atoms with Crippen molar-refractivity contribution in [2.45, 2.75) is 285 Å². The number of ketones is 3. The number of aliphatic hydroxyl groups is 11. The van der Waals surface area contributed by atoms with Crippen LogP contribution in [0.15, 0.2) is 24.3 Å². The van der Waals surface area contributed by atoms with Gasteiger partial charge in [-0.1, -0.05) is 72.8 Å². The van der Waals surface area contributed by atoms with Gasteiger partial charge in [0, 0.05) is 58.5 Å². The minimum atomic E-state index is -2.68. The number of hydrogen-bond donors (Lipinski definition) is 11. The van der Waals surface area contributed by atoms with Crippen molar-refractivity contribution < 1.29 is 137 Å². The molecular weight excluding hydrogens is 1310 g/mol. The molecule has 0 aromatic rings. The van der Waals surface area contributed by atoms with Crippen LogP contribution < -0.4 is 0 Å². The fraction of sp³-hybridized carbons (Fsp3) is 0.873. The fourth-order valence-corrected chi connectivity index (χ4v) is 15.5. The first-order chi connectivity index (χ1) is 47.4. The Morgan fingerprint density at radius 2 is 1.28 bits per heavy atom. The van der Waals surface area contributed by atoms with Gasteiger partial charge in [0.2, 0.25) is 5.79 Å². The average molecular weight is 1430 g/mol. The Kier molecular flexibility index (Phi) is 32.0. The number of nitrogens with zero attached hydrogens (tertiary/aromatic N) is 1. The number of amides is 1. The van der Waals surface area contributed by atoms with Crippen LogP contribution in [0, 0.1) is 47.3 Å². The zero-order valence-electron chi connectivity index (χ0n) is 60.0. The number of methoxy groups -OCH3 is 3. The number of carbonyl (C=O) groups is 5. The van der Waals surface area contributed by atoms with E-state index in [4.69, 9.17) is 56.8 Å². The van der Waals surface area contributed by atoms with Gasteiger partial charge in [0.05, 0.1) is 63.6 Å². The SMILES string of the molecule is CO[C@H]1C[C@@H]2CC[C@@H](C)[C@@](O[C@@]3(C)O[C@H](CO[C@@H]4O[C@@H](CO[C@@H]5O[C@H](CO)[C@@H](O)[C@H](O)[C@H]5O)[C@@H](O)[C@H]4O)[C@@H](O)[C@H](O)[C@H]3O)(O2)C(=O)C(=O)N2CCCC[C@H]2C(=O)OC([C@H](C)C[C@@H]2CC[C@@H](OCCO)[C@H](OC)C2)CC(=O)[C@H](C)CC(C)[C@@H](O)[C@@H](OC)C(=O)[C@H](C)C[C@H](C)/C=C/C=CCC1C. The number of aliphatic hydroxyl groups excluding tert-OH is 11. The molecule has 5 saturated heterocycles. The molecule has 100 heavy (non-hydrogen) atoms. The van der Waals surface area contributed by atoms with Crippen LogP contribution in [0.4, 0.5) is 0 Å². The smallest absolute Gasteiger partial charge is 0.329 e. The van der Waals surface area contributed by atoms with Crippen LogP contribution in [0.1, 0.15) is 145 Å². The van der Waals surface area contributed by atoms with Gasteiger partial charge >= 0.3 is 5.97 Å². The van der Waals surface area contributed by atoms with Gasteiger partial charge in [-0.3, -0.25) is 19.2 Å².